The van der Waals surface area contributed by atoms with E-state index in [0.717, 1.165) is 0 Å². The Balaban J connectivity index is 2.11. The number of aromatic nitrogens is 3. The molecular formula is C14H12N4O3S. The van der Waals surface area contributed by atoms with Crippen molar-refractivity contribution < 1.29 is 9.53 Å². The van der Waals surface area contributed by atoms with E-state index in [-0.39, 0.29) is 22.9 Å². The molecule has 0 amide bonds. The number of rotatable bonds is 3. The molecule has 0 fully saturated rings. The van der Waals surface area contributed by atoms with Gasteiger partial charge in [0.1, 0.15) is 11.3 Å². The van der Waals surface area contributed by atoms with E-state index in [1.165, 1.54) is 21.9 Å². The van der Waals surface area contributed by atoms with Crippen molar-refractivity contribution in [3.05, 3.63) is 51.0 Å². The molecule has 2 heterocycles. The fourth-order valence-electron chi connectivity index (χ4n) is 2.01. The topological polar surface area (TPSA) is 99.6 Å². The fourth-order valence-corrected chi connectivity index (χ4v) is 2.63. The SMILES string of the molecule is CCOC1=C/C(=C/c2c(N)n3ncsc3nc2=O)C=CC1=O. The molecule has 2 N–H and O–H groups in total. The van der Waals surface area contributed by atoms with E-state index in [9.17, 15) is 9.59 Å². The van der Waals surface area contributed by atoms with Gasteiger partial charge in [-0.25, -0.2) is 0 Å². The van der Waals surface area contributed by atoms with E-state index in [4.69, 9.17) is 10.5 Å². The molecule has 0 aromatic carbocycles. The Morgan fingerprint density at radius 2 is 2.23 bits per heavy atom. The van der Waals surface area contributed by atoms with Gasteiger partial charge in [0.2, 0.25) is 10.7 Å². The highest BCUT2D eigenvalue weighted by Crippen LogP contribution is 2.19. The van der Waals surface area contributed by atoms with Crippen molar-refractivity contribution in [3.63, 3.8) is 0 Å². The maximum absolute atomic E-state index is 12.1. The lowest BCUT2D eigenvalue weighted by Gasteiger charge is -2.10. The van der Waals surface area contributed by atoms with E-state index in [1.807, 2.05) is 0 Å². The van der Waals surface area contributed by atoms with Gasteiger partial charge in [0.05, 0.1) is 12.2 Å². The smallest absolute Gasteiger partial charge is 0.283 e. The summed E-state index contributed by atoms with van der Waals surface area (Å²) in [4.78, 5) is 28.1. The molecule has 0 saturated carbocycles. The minimum Gasteiger partial charge on any atom is -0.490 e. The van der Waals surface area contributed by atoms with Gasteiger partial charge >= 0.3 is 0 Å². The first-order chi connectivity index (χ1) is 10.6. The molecule has 0 unspecified atom stereocenters. The van der Waals surface area contributed by atoms with Crippen molar-refractivity contribution in [3.8, 4) is 0 Å². The summed E-state index contributed by atoms with van der Waals surface area (Å²) >= 11 is 1.23. The molecule has 1 aliphatic rings. The van der Waals surface area contributed by atoms with Gasteiger partial charge in [-0.05, 0) is 30.7 Å². The molecule has 0 aliphatic heterocycles. The Morgan fingerprint density at radius 3 is 3.00 bits per heavy atom. The number of fused-ring (bicyclic) bond motifs is 1. The van der Waals surface area contributed by atoms with E-state index >= 15 is 0 Å². The van der Waals surface area contributed by atoms with Crippen LogP contribution in [0.25, 0.3) is 11.0 Å². The average molecular weight is 316 g/mol. The summed E-state index contributed by atoms with van der Waals surface area (Å²) in [5, 5.41) is 4.04. The number of ether oxygens (including phenoxy) is 1. The molecule has 112 valence electrons. The maximum atomic E-state index is 12.1. The van der Waals surface area contributed by atoms with Crippen LogP contribution in [-0.4, -0.2) is 27.0 Å². The zero-order valence-corrected chi connectivity index (χ0v) is 12.5. The molecule has 0 radical (unpaired) electrons. The monoisotopic (exact) mass is 316 g/mol. The first kappa shape index (κ1) is 14.2. The highest BCUT2D eigenvalue weighted by Gasteiger charge is 2.15. The van der Waals surface area contributed by atoms with Gasteiger partial charge in [0.25, 0.3) is 5.56 Å². The summed E-state index contributed by atoms with van der Waals surface area (Å²) < 4.78 is 6.67. The lowest BCUT2D eigenvalue weighted by molar-refractivity contribution is -0.114. The zero-order valence-electron chi connectivity index (χ0n) is 11.6. The molecule has 7 nitrogen and oxygen atoms in total. The Bertz CT molecular complexity index is 904. The van der Waals surface area contributed by atoms with Crippen LogP contribution in [-0.2, 0) is 9.53 Å². The number of hydrogen-bond acceptors (Lipinski definition) is 7. The summed E-state index contributed by atoms with van der Waals surface area (Å²) in [5.74, 6) is 0.231. The molecule has 0 atom stereocenters. The van der Waals surface area contributed by atoms with Gasteiger partial charge in [-0.1, -0.05) is 17.4 Å². The van der Waals surface area contributed by atoms with Gasteiger partial charge in [0.15, 0.2) is 5.76 Å². The van der Waals surface area contributed by atoms with Gasteiger partial charge in [-0.2, -0.15) is 14.6 Å². The molecule has 0 spiro atoms. The first-order valence-corrected chi connectivity index (χ1v) is 7.38. The summed E-state index contributed by atoms with van der Waals surface area (Å²) in [6.45, 7) is 2.18. The normalized spacial score (nSPS) is 16.3. The molecule has 22 heavy (non-hydrogen) atoms. The lowest BCUT2D eigenvalue weighted by atomic mass is 10.0. The third kappa shape index (κ3) is 2.44. The number of nitrogens with zero attached hydrogens (tertiary/aromatic N) is 3. The predicted molar refractivity (Wildman–Crippen MR) is 83.4 cm³/mol. The molecule has 1 aliphatic carbocycles. The van der Waals surface area contributed by atoms with E-state index in [0.29, 0.717) is 17.1 Å². The van der Waals surface area contributed by atoms with Gasteiger partial charge in [-0.3, -0.25) is 9.59 Å². The molecule has 2 aromatic rings. The van der Waals surface area contributed by atoms with Crippen molar-refractivity contribution in [1.82, 2.24) is 14.6 Å². The summed E-state index contributed by atoms with van der Waals surface area (Å²) in [5.41, 5.74) is 7.95. The number of hydrogen-bond donors (Lipinski definition) is 1. The number of carbonyl (C=O) groups is 1. The van der Waals surface area contributed by atoms with Crippen LogP contribution in [0.15, 0.2) is 39.9 Å². The standard InChI is InChI=1S/C14H12N4O3S/c1-2-21-11-6-8(3-4-10(11)19)5-9-12(15)18-14(17-13(9)20)22-7-16-18/h3-7H,2,15H2,1H3/b8-5+. The van der Waals surface area contributed by atoms with Crippen LogP contribution in [0.4, 0.5) is 5.82 Å². The highest BCUT2D eigenvalue weighted by atomic mass is 32.1. The fraction of sp³-hybridized carbons (Fsp3) is 0.143. The molecular weight excluding hydrogens is 304 g/mol. The van der Waals surface area contributed by atoms with Gasteiger partial charge < -0.3 is 10.5 Å². The van der Waals surface area contributed by atoms with Crippen molar-refractivity contribution >= 4 is 34.0 Å². The number of nitrogens with two attached hydrogens (primary N) is 1. The minimum atomic E-state index is -0.439. The van der Waals surface area contributed by atoms with Crippen LogP contribution >= 0.6 is 11.3 Å². The second-order valence-electron chi connectivity index (χ2n) is 4.43. The Morgan fingerprint density at radius 1 is 1.41 bits per heavy atom. The second kappa shape index (κ2) is 5.57. The van der Waals surface area contributed by atoms with Crippen molar-refractivity contribution in [2.45, 2.75) is 6.92 Å². The van der Waals surface area contributed by atoms with Crippen LogP contribution in [0.2, 0.25) is 0 Å². The summed E-state index contributed by atoms with van der Waals surface area (Å²) in [6.07, 6.45) is 6.12. The largest absolute Gasteiger partial charge is 0.490 e. The Labute approximate surface area is 129 Å². The molecule has 8 heteroatoms. The zero-order chi connectivity index (χ0) is 15.7. The van der Waals surface area contributed by atoms with Crippen molar-refractivity contribution in [2.24, 2.45) is 0 Å². The Hall–Kier alpha value is -2.74. The number of anilines is 1. The molecule has 0 bridgehead atoms. The first-order valence-electron chi connectivity index (χ1n) is 6.50. The van der Waals surface area contributed by atoms with Crippen LogP contribution in [0, 0.1) is 0 Å². The number of allylic oxidation sites excluding steroid dienone is 4. The molecule has 0 saturated heterocycles. The second-order valence-corrected chi connectivity index (χ2v) is 5.24. The van der Waals surface area contributed by atoms with Crippen LogP contribution < -0.4 is 11.3 Å². The highest BCUT2D eigenvalue weighted by molar-refractivity contribution is 7.14. The van der Waals surface area contributed by atoms with Gasteiger partial charge in [0, 0.05) is 0 Å². The van der Waals surface area contributed by atoms with Crippen molar-refractivity contribution in [1.29, 1.82) is 0 Å². The van der Waals surface area contributed by atoms with Crippen LogP contribution in [0.1, 0.15) is 12.5 Å². The summed E-state index contributed by atoms with van der Waals surface area (Å²) in [6, 6.07) is 0. The van der Waals surface area contributed by atoms with E-state index in [1.54, 1.807) is 30.7 Å². The Kier molecular flexibility index (Phi) is 3.60. The molecule has 2 aromatic heterocycles. The lowest BCUT2D eigenvalue weighted by Crippen LogP contribution is -2.17. The van der Waals surface area contributed by atoms with Crippen LogP contribution in [0.3, 0.4) is 0 Å². The molecule has 3 rings (SSSR count). The van der Waals surface area contributed by atoms with E-state index in [2.05, 4.69) is 10.1 Å². The average Bonchev–Trinajstić information content (AvgIpc) is 2.95. The number of nitrogen functional groups attached to an aromatic ring is 1. The van der Waals surface area contributed by atoms with E-state index < -0.39 is 5.56 Å². The minimum absolute atomic E-state index is 0.209. The number of ketones is 1. The summed E-state index contributed by atoms with van der Waals surface area (Å²) in [7, 11) is 0. The third-order valence-electron chi connectivity index (χ3n) is 3.01. The van der Waals surface area contributed by atoms with Crippen molar-refractivity contribution in [2.75, 3.05) is 12.3 Å². The predicted octanol–water partition coefficient (Wildman–Crippen LogP) is 1.18. The maximum Gasteiger partial charge on any atom is 0.283 e. The quantitative estimate of drug-likeness (QED) is 0.912. The third-order valence-corrected chi connectivity index (χ3v) is 3.69. The number of carbonyl (C=O) groups excluding carboxylic acids is 1. The van der Waals surface area contributed by atoms with Crippen LogP contribution in [0.5, 0.6) is 0 Å². The van der Waals surface area contributed by atoms with Gasteiger partial charge in [-0.15, -0.1) is 0 Å².